The molecule has 4 rings (SSSR count). The Kier molecular flexibility index (Phi) is 5.20. The molecule has 1 aliphatic rings. The maximum absolute atomic E-state index is 12.6. The molecule has 1 fully saturated rings. The number of thiophene rings is 1. The summed E-state index contributed by atoms with van der Waals surface area (Å²) in [7, 11) is 0. The number of carbonyl (C=O) groups excluding carboxylic acids is 1. The molecule has 8 heteroatoms. The van der Waals surface area contributed by atoms with Crippen LogP contribution < -0.4 is 10.6 Å². The number of nitrogens with one attached hydrogen (secondary N) is 2. The summed E-state index contributed by atoms with van der Waals surface area (Å²) in [5.41, 5.74) is 1.86. The van der Waals surface area contributed by atoms with Crippen molar-refractivity contribution < 1.29 is 9.53 Å². The van der Waals surface area contributed by atoms with Crippen molar-refractivity contribution in [2.45, 2.75) is 25.9 Å². The Labute approximate surface area is 166 Å². The van der Waals surface area contributed by atoms with Gasteiger partial charge in [0, 0.05) is 18.5 Å². The van der Waals surface area contributed by atoms with E-state index in [4.69, 9.17) is 17.0 Å². The van der Waals surface area contributed by atoms with Gasteiger partial charge in [0.15, 0.2) is 5.11 Å². The summed E-state index contributed by atoms with van der Waals surface area (Å²) in [6, 6.07) is 11.8. The molecule has 0 aliphatic carbocycles. The molecule has 27 heavy (non-hydrogen) atoms. The molecule has 0 radical (unpaired) electrons. The van der Waals surface area contributed by atoms with E-state index >= 15 is 0 Å². The van der Waals surface area contributed by atoms with Gasteiger partial charge in [-0.05, 0) is 50.2 Å². The Morgan fingerprint density at radius 2 is 2.22 bits per heavy atom. The van der Waals surface area contributed by atoms with Crippen molar-refractivity contribution in [3.05, 3.63) is 47.0 Å². The Morgan fingerprint density at radius 1 is 1.41 bits per heavy atom. The third kappa shape index (κ3) is 3.87. The number of benzene rings is 1. The highest BCUT2D eigenvalue weighted by Gasteiger charge is 2.19. The quantitative estimate of drug-likeness (QED) is 0.659. The standard InChI is InChI=1S/C19H20N4O2S2/c1-12-15-10-16(17(24)21-19(26)20-11-14-8-5-9-25-14)27-18(15)23(22-12)13-6-3-2-4-7-13/h2-4,6-7,10,14H,5,8-9,11H2,1H3,(H2,20,21,24,26)/t14-/m0/s1. The predicted octanol–water partition coefficient (Wildman–Crippen LogP) is 3.18. The Balaban J connectivity index is 1.48. The molecule has 1 aromatic carbocycles. The van der Waals surface area contributed by atoms with Gasteiger partial charge in [0.1, 0.15) is 4.83 Å². The summed E-state index contributed by atoms with van der Waals surface area (Å²) < 4.78 is 7.42. The highest BCUT2D eigenvalue weighted by atomic mass is 32.1. The minimum Gasteiger partial charge on any atom is -0.376 e. The number of aromatic nitrogens is 2. The second-order valence-corrected chi connectivity index (χ2v) is 7.90. The minimum atomic E-state index is -0.208. The Hall–Kier alpha value is -2.29. The van der Waals surface area contributed by atoms with E-state index in [-0.39, 0.29) is 12.0 Å². The van der Waals surface area contributed by atoms with Crippen molar-refractivity contribution in [1.29, 1.82) is 0 Å². The highest BCUT2D eigenvalue weighted by molar-refractivity contribution is 7.80. The van der Waals surface area contributed by atoms with E-state index in [1.807, 2.05) is 48.0 Å². The molecule has 0 bridgehead atoms. The average molecular weight is 401 g/mol. The number of ether oxygens (including phenoxy) is 1. The van der Waals surface area contributed by atoms with E-state index in [9.17, 15) is 4.79 Å². The lowest BCUT2D eigenvalue weighted by Gasteiger charge is -2.12. The molecule has 3 heterocycles. The number of rotatable bonds is 4. The minimum absolute atomic E-state index is 0.170. The molecule has 0 spiro atoms. The van der Waals surface area contributed by atoms with Crippen LogP contribution in [0.4, 0.5) is 0 Å². The maximum Gasteiger partial charge on any atom is 0.267 e. The van der Waals surface area contributed by atoms with Crippen molar-refractivity contribution >= 4 is 44.8 Å². The fraction of sp³-hybridized carbons (Fsp3) is 0.316. The van der Waals surface area contributed by atoms with E-state index < -0.39 is 0 Å². The van der Waals surface area contributed by atoms with Gasteiger partial charge in [0.2, 0.25) is 0 Å². The number of nitrogens with zero attached hydrogens (tertiary/aromatic N) is 2. The van der Waals surface area contributed by atoms with Crippen LogP contribution in [-0.2, 0) is 4.74 Å². The lowest BCUT2D eigenvalue weighted by Crippen LogP contribution is -2.42. The molecule has 1 atom stereocenters. The first-order chi connectivity index (χ1) is 13.1. The van der Waals surface area contributed by atoms with E-state index in [1.54, 1.807) is 0 Å². The Bertz CT molecular complexity index is 974. The summed E-state index contributed by atoms with van der Waals surface area (Å²) in [5, 5.41) is 11.7. The van der Waals surface area contributed by atoms with Crippen molar-refractivity contribution in [2.24, 2.45) is 0 Å². The van der Waals surface area contributed by atoms with Crippen LogP contribution in [0.3, 0.4) is 0 Å². The number of carbonyl (C=O) groups is 1. The van der Waals surface area contributed by atoms with Gasteiger partial charge >= 0.3 is 0 Å². The Morgan fingerprint density at radius 3 is 2.96 bits per heavy atom. The van der Waals surface area contributed by atoms with Gasteiger partial charge in [-0.25, -0.2) is 4.68 Å². The van der Waals surface area contributed by atoms with Gasteiger partial charge in [-0.2, -0.15) is 5.10 Å². The smallest absolute Gasteiger partial charge is 0.267 e. The molecule has 1 aliphatic heterocycles. The number of hydrogen-bond donors (Lipinski definition) is 2. The van der Waals surface area contributed by atoms with E-state index in [1.165, 1.54) is 11.3 Å². The lowest BCUT2D eigenvalue weighted by molar-refractivity contribution is 0.0977. The SMILES string of the molecule is Cc1nn(-c2ccccc2)c2sc(C(=O)NC(=S)NC[C@@H]3CCCO3)cc12. The summed E-state index contributed by atoms with van der Waals surface area (Å²) >= 11 is 6.65. The molecule has 2 N–H and O–H groups in total. The van der Waals surface area contributed by atoms with Crippen molar-refractivity contribution in [3.63, 3.8) is 0 Å². The second-order valence-electron chi connectivity index (χ2n) is 6.46. The fourth-order valence-electron chi connectivity index (χ4n) is 3.12. The van der Waals surface area contributed by atoms with Gasteiger partial charge in [0.05, 0.1) is 22.4 Å². The van der Waals surface area contributed by atoms with Gasteiger partial charge in [-0.3, -0.25) is 10.1 Å². The van der Waals surface area contributed by atoms with Crippen LogP contribution in [0.5, 0.6) is 0 Å². The molecular formula is C19H20N4O2S2. The number of fused-ring (bicyclic) bond motifs is 1. The van der Waals surface area contributed by atoms with E-state index in [2.05, 4.69) is 15.7 Å². The van der Waals surface area contributed by atoms with E-state index in [0.29, 0.717) is 16.5 Å². The largest absolute Gasteiger partial charge is 0.376 e. The van der Waals surface area contributed by atoms with Crippen molar-refractivity contribution in [1.82, 2.24) is 20.4 Å². The zero-order valence-electron chi connectivity index (χ0n) is 14.9. The molecule has 6 nitrogen and oxygen atoms in total. The molecule has 2 aromatic heterocycles. The summed E-state index contributed by atoms with van der Waals surface area (Å²) in [6.45, 7) is 3.36. The summed E-state index contributed by atoms with van der Waals surface area (Å²) in [5.74, 6) is -0.208. The zero-order chi connectivity index (χ0) is 18.8. The highest BCUT2D eigenvalue weighted by Crippen LogP contribution is 2.30. The monoisotopic (exact) mass is 400 g/mol. The average Bonchev–Trinajstić information content (AvgIpc) is 3.39. The molecule has 0 saturated carbocycles. The first kappa shape index (κ1) is 18.1. The van der Waals surface area contributed by atoms with Crippen LogP contribution >= 0.6 is 23.6 Å². The molecule has 0 unspecified atom stereocenters. The van der Waals surface area contributed by atoms with Gasteiger partial charge < -0.3 is 10.1 Å². The number of aryl methyl sites for hydroxylation is 1. The second kappa shape index (κ2) is 7.75. The van der Waals surface area contributed by atoms with Crippen LogP contribution in [0.1, 0.15) is 28.2 Å². The molecular weight excluding hydrogens is 380 g/mol. The normalized spacial score (nSPS) is 16.6. The zero-order valence-corrected chi connectivity index (χ0v) is 16.5. The van der Waals surface area contributed by atoms with Crippen LogP contribution in [-0.4, -0.2) is 40.1 Å². The summed E-state index contributed by atoms with van der Waals surface area (Å²) in [6.07, 6.45) is 2.27. The summed E-state index contributed by atoms with van der Waals surface area (Å²) in [4.78, 5) is 14.1. The van der Waals surface area contributed by atoms with Crippen LogP contribution in [0.25, 0.3) is 15.9 Å². The van der Waals surface area contributed by atoms with Crippen LogP contribution in [0, 0.1) is 6.92 Å². The number of hydrogen-bond acceptors (Lipinski definition) is 5. The molecule has 1 saturated heterocycles. The van der Waals surface area contributed by atoms with Crippen molar-refractivity contribution in [2.75, 3.05) is 13.2 Å². The first-order valence-electron chi connectivity index (χ1n) is 8.87. The third-order valence-corrected chi connectivity index (χ3v) is 5.87. The number of amides is 1. The lowest BCUT2D eigenvalue weighted by atomic mass is 10.2. The van der Waals surface area contributed by atoms with Gasteiger partial charge in [0.25, 0.3) is 5.91 Å². The number of para-hydroxylation sites is 1. The van der Waals surface area contributed by atoms with Gasteiger partial charge in [-0.1, -0.05) is 18.2 Å². The van der Waals surface area contributed by atoms with Crippen molar-refractivity contribution in [3.8, 4) is 5.69 Å². The van der Waals surface area contributed by atoms with Crippen LogP contribution in [0.15, 0.2) is 36.4 Å². The van der Waals surface area contributed by atoms with Crippen LogP contribution in [0.2, 0.25) is 0 Å². The number of thiocarbonyl (C=S) groups is 1. The molecule has 140 valence electrons. The molecule has 1 amide bonds. The topological polar surface area (TPSA) is 68.2 Å². The van der Waals surface area contributed by atoms with E-state index in [0.717, 1.165) is 41.0 Å². The molecule has 3 aromatic rings. The predicted molar refractivity (Wildman–Crippen MR) is 111 cm³/mol. The first-order valence-corrected chi connectivity index (χ1v) is 10.1. The maximum atomic E-state index is 12.6. The van der Waals surface area contributed by atoms with Gasteiger partial charge in [-0.15, -0.1) is 11.3 Å². The fourth-order valence-corrected chi connectivity index (χ4v) is 4.38. The third-order valence-electron chi connectivity index (χ3n) is 4.51.